The van der Waals surface area contributed by atoms with Crippen LogP contribution in [-0.4, -0.2) is 22.6 Å². The summed E-state index contributed by atoms with van der Waals surface area (Å²) in [7, 11) is 0. The van der Waals surface area contributed by atoms with Crippen LogP contribution < -0.4 is 4.90 Å². The summed E-state index contributed by atoms with van der Waals surface area (Å²) in [6.45, 7) is 7.60. The number of nitrogens with zero attached hydrogens (tertiary/aromatic N) is 3. The molecule has 0 bridgehead atoms. The highest BCUT2D eigenvalue weighted by atomic mass is 32.1. The van der Waals surface area contributed by atoms with Crippen molar-refractivity contribution in [1.29, 1.82) is 0 Å². The quantitative estimate of drug-likeness (QED) is 0.689. The molecule has 3 rings (SSSR count). The SMILES string of the molecule is C=CCN(C(=O)c1c(C)noc1C)c1nc2ccccc2s1. The Kier molecular flexibility index (Phi) is 3.77. The molecule has 1 aromatic carbocycles. The van der Waals surface area contributed by atoms with Crippen LogP contribution in [0, 0.1) is 13.8 Å². The van der Waals surface area contributed by atoms with Crippen LogP contribution in [0.5, 0.6) is 0 Å². The third kappa shape index (κ3) is 2.42. The van der Waals surface area contributed by atoms with Crippen LogP contribution in [-0.2, 0) is 0 Å². The Morgan fingerprint density at radius 2 is 2.18 bits per heavy atom. The maximum absolute atomic E-state index is 12.9. The predicted molar refractivity (Wildman–Crippen MR) is 87.5 cm³/mol. The molecule has 6 heteroatoms. The summed E-state index contributed by atoms with van der Waals surface area (Å²) >= 11 is 1.48. The van der Waals surface area contributed by atoms with Crippen molar-refractivity contribution in [3.8, 4) is 0 Å². The van der Waals surface area contributed by atoms with Gasteiger partial charge >= 0.3 is 0 Å². The number of fused-ring (bicyclic) bond motifs is 1. The van der Waals surface area contributed by atoms with Crippen LogP contribution in [0.2, 0.25) is 0 Å². The maximum atomic E-state index is 12.9. The molecule has 0 aliphatic carbocycles. The Bertz CT molecular complexity index is 798. The Morgan fingerprint density at radius 3 is 2.82 bits per heavy atom. The molecule has 0 N–H and O–H groups in total. The Morgan fingerprint density at radius 1 is 1.41 bits per heavy atom. The standard InChI is InChI=1S/C16H15N3O2S/c1-4-9-19(15(20)14-10(2)18-21-11(14)3)16-17-12-7-5-6-8-13(12)22-16/h4-8H,1,9H2,2-3H3. The molecule has 2 heterocycles. The molecule has 3 aromatic rings. The largest absolute Gasteiger partial charge is 0.361 e. The summed E-state index contributed by atoms with van der Waals surface area (Å²) < 4.78 is 6.14. The number of hydrogen-bond acceptors (Lipinski definition) is 5. The Balaban J connectivity index is 2.05. The first-order chi connectivity index (χ1) is 10.6. The fourth-order valence-corrected chi connectivity index (χ4v) is 3.25. The average Bonchev–Trinajstić information content (AvgIpc) is 3.07. The highest BCUT2D eigenvalue weighted by Crippen LogP contribution is 2.30. The second-order valence-electron chi connectivity index (χ2n) is 4.87. The summed E-state index contributed by atoms with van der Waals surface area (Å²) in [4.78, 5) is 19.0. The van der Waals surface area contributed by atoms with Crippen LogP contribution in [0.25, 0.3) is 10.2 Å². The molecule has 0 unspecified atom stereocenters. The number of aromatic nitrogens is 2. The van der Waals surface area contributed by atoms with Crippen molar-refractivity contribution in [2.45, 2.75) is 13.8 Å². The molecule has 0 saturated heterocycles. The van der Waals surface area contributed by atoms with Gasteiger partial charge in [-0.2, -0.15) is 0 Å². The lowest BCUT2D eigenvalue weighted by molar-refractivity contribution is 0.0988. The number of anilines is 1. The molecular weight excluding hydrogens is 298 g/mol. The number of hydrogen-bond donors (Lipinski definition) is 0. The van der Waals surface area contributed by atoms with Gasteiger partial charge in [0.2, 0.25) is 0 Å². The van der Waals surface area contributed by atoms with Crippen LogP contribution in [0.4, 0.5) is 5.13 Å². The minimum atomic E-state index is -0.171. The van der Waals surface area contributed by atoms with Gasteiger partial charge in [-0.15, -0.1) is 6.58 Å². The van der Waals surface area contributed by atoms with E-state index >= 15 is 0 Å². The maximum Gasteiger partial charge on any atom is 0.265 e. The third-order valence-electron chi connectivity index (χ3n) is 3.32. The highest BCUT2D eigenvalue weighted by molar-refractivity contribution is 7.22. The number of carbonyl (C=O) groups excluding carboxylic acids is 1. The lowest BCUT2D eigenvalue weighted by atomic mass is 10.2. The molecule has 0 saturated carbocycles. The summed E-state index contributed by atoms with van der Waals surface area (Å²) in [6.07, 6.45) is 1.68. The number of carbonyl (C=O) groups is 1. The molecule has 0 radical (unpaired) electrons. The van der Waals surface area contributed by atoms with Gasteiger partial charge in [0.25, 0.3) is 5.91 Å². The van der Waals surface area contributed by atoms with E-state index in [-0.39, 0.29) is 5.91 Å². The minimum absolute atomic E-state index is 0.171. The molecular formula is C16H15N3O2S. The van der Waals surface area contributed by atoms with Crippen molar-refractivity contribution in [2.24, 2.45) is 0 Å². The molecule has 2 aromatic heterocycles. The third-order valence-corrected chi connectivity index (χ3v) is 4.38. The lowest BCUT2D eigenvalue weighted by Crippen LogP contribution is -2.31. The zero-order valence-corrected chi connectivity index (χ0v) is 13.2. The van der Waals surface area contributed by atoms with E-state index in [1.807, 2.05) is 24.3 Å². The van der Waals surface area contributed by atoms with Crippen LogP contribution in [0.15, 0.2) is 41.4 Å². The van der Waals surface area contributed by atoms with Crippen molar-refractivity contribution >= 4 is 32.6 Å². The summed E-state index contributed by atoms with van der Waals surface area (Å²) in [6, 6.07) is 7.81. The second-order valence-corrected chi connectivity index (χ2v) is 5.88. The van der Waals surface area contributed by atoms with Gasteiger partial charge in [-0.1, -0.05) is 34.7 Å². The molecule has 0 spiro atoms. The zero-order chi connectivity index (χ0) is 15.7. The van der Waals surface area contributed by atoms with Crippen LogP contribution >= 0.6 is 11.3 Å². The van der Waals surface area contributed by atoms with Crippen molar-refractivity contribution in [3.05, 3.63) is 53.9 Å². The van der Waals surface area contributed by atoms with E-state index in [1.54, 1.807) is 24.8 Å². The monoisotopic (exact) mass is 313 g/mol. The minimum Gasteiger partial charge on any atom is -0.361 e. The first-order valence-corrected chi connectivity index (χ1v) is 7.64. The van der Waals surface area contributed by atoms with E-state index in [2.05, 4.69) is 16.7 Å². The normalized spacial score (nSPS) is 10.8. The molecule has 0 atom stereocenters. The van der Waals surface area contributed by atoms with Crippen molar-refractivity contribution in [3.63, 3.8) is 0 Å². The first kappa shape index (κ1) is 14.5. The van der Waals surface area contributed by atoms with Gasteiger partial charge in [-0.3, -0.25) is 9.69 Å². The summed E-state index contributed by atoms with van der Waals surface area (Å²) in [5.74, 6) is 0.341. The zero-order valence-electron chi connectivity index (χ0n) is 12.4. The fraction of sp³-hybridized carbons (Fsp3) is 0.188. The van der Waals surface area contributed by atoms with Gasteiger partial charge in [-0.25, -0.2) is 4.98 Å². The van der Waals surface area contributed by atoms with E-state index in [4.69, 9.17) is 4.52 Å². The second kappa shape index (κ2) is 5.73. The molecule has 1 amide bonds. The fourth-order valence-electron chi connectivity index (χ4n) is 2.28. The van der Waals surface area contributed by atoms with Gasteiger partial charge in [-0.05, 0) is 26.0 Å². The number of aryl methyl sites for hydroxylation is 2. The van der Waals surface area contributed by atoms with Gasteiger partial charge in [0.05, 0.1) is 15.9 Å². The average molecular weight is 313 g/mol. The number of benzene rings is 1. The van der Waals surface area contributed by atoms with Crippen molar-refractivity contribution in [1.82, 2.24) is 10.1 Å². The van der Waals surface area contributed by atoms with Crippen LogP contribution in [0.1, 0.15) is 21.8 Å². The number of rotatable bonds is 4. The number of amides is 1. The van der Waals surface area contributed by atoms with E-state index in [1.165, 1.54) is 11.3 Å². The van der Waals surface area contributed by atoms with Gasteiger partial charge in [0.15, 0.2) is 5.13 Å². The molecule has 112 valence electrons. The van der Waals surface area contributed by atoms with Crippen molar-refractivity contribution in [2.75, 3.05) is 11.4 Å². The highest BCUT2D eigenvalue weighted by Gasteiger charge is 2.25. The van der Waals surface area contributed by atoms with E-state index in [0.29, 0.717) is 28.7 Å². The lowest BCUT2D eigenvalue weighted by Gasteiger charge is -2.17. The first-order valence-electron chi connectivity index (χ1n) is 6.83. The molecule has 22 heavy (non-hydrogen) atoms. The van der Waals surface area contributed by atoms with Crippen LogP contribution in [0.3, 0.4) is 0 Å². The Labute approximate surface area is 131 Å². The predicted octanol–water partition coefficient (Wildman–Crippen LogP) is 3.73. The Hall–Kier alpha value is -2.47. The molecule has 0 aliphatic heterocycles. The molecule has 0 aliphatic rings. The summed E-state index contributed by atoms with van der Waals surface area (Å²) in [5.41, 5.74) is 1.95. The smallest absolute Gasteiger partial charge is 0.265 e. The summed E-state index contributed by atoms with van der Waals surface area (Å²) in [5, 5.41) is 4.50. The van der Waals surface area contributed by atoms with E-state index < -0.39 is 0 Å². The topological polar surface area (TPSA) is 59.2 Å². The van der Waals surface area contributed by atoms with E-state index in [9.17, 15) is 4.79 Å². The van der Waals surface area contributed by atoms with Crippen molar-refractivity contribution < 1.29 is 9.32 Å². The molecule has 0 fully saturated rings. The number of para-hydroxylation sites is 1. The van der Waals surface area contributed by atoms with E-state index in [0.717, 1.165) is 10.2 Å². The molecule has 5 nitrogen and oxygen atoms in total. The van der Waals surface area contributed by atoms with Gasteiger partial charge < -0.3 is 4.52 Å². The van der Waals surface area contributed by atoms with Gasteiger partial charge in [0.1, 0.15) is 11.3 Å². The number of thiazole rings is 1. The van der Waals surface area contributed by atoms with Gasteiger partial charge in [0, 0.05) is 6.54 Å².